The van der Waals surface area contributed by atoms with E-state index in [0.29, 0.717) is 15.0 Å². The van der Waals surface area contributed by atoms with Crippen LogP contribution in [0.2, 0.25) is 0 Å². The van der Waals surface area contributed by atoms with Gasteiger partial charge in [0.05, 0.1) is 8.48 Å². The molecule has 1 aliphatic heterocycles. The van der Waals surface area contributed by atoms with E-state index in [1.54, 1.807) is 31.2 Å². The molecule has 18 heavy (non-hydrogen) atoms. The lowest BCUT2D eigenvalue weighted by Crippen LogP contribution is -2.27. The Morgan fingerprint density at radius 2 is 2.17 bits per heavy atom. The number of aromatic hydroxyl groups is 1. The van der Waals surface area contributed by atoms with Gasteiger partial charge >= 0.3 is 0 Å². The van der Waals surface area contributed by atoms with Crippen LogP contribution in [0.5, 0.6) is 5.75 Å². The first kappa shape index (κ1) is 13.4. The van der Waals surface area contributed by atoms with Gasteiger partial charge in [-0.2, -0.15) is 0 Å². The van der Waals surface area contributed by atoms with Gasteiger partial charge in [-0.25, -0.2) is 0 Å². The lowest BCUT2D eigenvalue weighted by Gasteiger charge is -2.07. The molecule has 94 valence electrons. The van der Waals surface area contributed by atoms with Crippen molar-refractivity contribution in [2.45, 2.75) is 6.92 Å². The minimum absolute atomic E-state index is 0.203. The second kappa shape index (κ2) is 5.31. The SMILES string of the molecule is CCN1C(=O)S/C(=C\c2ccc(O)c(I)c2)C1=O. The number of nitrogens with zero attached hydrogens (tertiary/aromatic N) is 1. The van der Waals surface area contributed by atoms with Crippen LogP contribution in [0.15, 0.2) is 23.1 Å². The number of phenols is 1. The number of rotatable bonds is 2. The number of hydrogen-bond acceptors (Lipinski definition) is 4. The Morgan fingerprint density at radius 1 is 1.44 bits per heavy atom. The van der Waals surface area contributed by atoms with E-state index < -0.39 is 0 Å². The maximum Gasteiger partial charge on any atom is 0.293 e. The molecule has 0 unspecified atom stereocenters. The Morgan fingerprint density at radius 3 is 2.72 bits per heavy atom. The molecule has 0 bridgehead atoms. The molecule has 4 nitrogen and oxygen atoms in total. The molecule has 1 aromatic carbocycles. The van der Waals surface area contributed by atoms with Crippen molar-refractivity contribution in [1.82, 2.24) is 4.90 Å². The standard InChI is InChI=1S/C12H10INO3S/c1-2-14-11(16)10(18-12(14)17)6-7-3-4-9(15)8(13)5-7/h3-6,15H,2H2,1H3/b10-6-. The summed E-state index contributed by atoms with van der Waals surface area (Å²) in [4.78, 5) is 25.0. The molecule has 1 fully saturated rings. The first-order valence-electron chi connectivity index (χ1n) is 5.27. The molecular weight excluding hydrogens is 365 g/mol. The van der Waals surface area contributed by atoms with E-state index in [0.717, 1.165) is 17.3 Å². The van der Waals surface area contributed by atoms with Crippen molar-refractivity contribution in [2.24, 2.45) is 0 Å². The zero-order chi connectivity index (χ0) is 13.3. The summed E-state index contributed by atoms with van der Waals surface area (Å²) in [5.74, 6) is -0.0509. The molecule has 0 aromatic heterocycles. The maximum atomic E-state index is 11.9. The zero-order valence-electron chi connectivity index (χ0n) is 9.51. The number of thioether (sulfide) groups is 1. The molecule has 1 N–H and O–H groups in total. The van der Waals surface area contributed by atoms with Crippen LogP contribution in [0.3, 0.4) is 0 Å². The summed E-state index contributed by atoms with van der Waals surface area (Å²) in [6.45, 7) is 2.15. The number of phenolic OH excluding ortho intramolecular Hbond substituents is 1. The highest BCUT2D eigenvalue weighted by Crippen LogP contribution is 2.32. The number of carbonyl (C=O) groups is 2. The van der Waals surface area contributed by atoms with Crippen molar-refractivity contribution in [3.63, 3.8) is 0 Å². The van der Waals surface area contributed by atoms with Crippen LogP contribution >= 0.6 is 34.4 Å². The van der Waals surface area contributed by atoms with Crippen LogP contribution < -0.4 is 0 Å². The monoisotopic (exact) mass is 375 g/mol. The quantitative estimate of drug-likeness (QED) is 0.638. The molecule has 0 saturated carbocycles. The van der Waals surface area contributed by atoms with E-state index in [1.807, 2.05) is 22.6 Å². The van der Waals surface area contributed by atoms with Gasteiger partial charge in [0.25, 0.3) is 11.1 Å². The summed E-state index contributed by atoms with van der Waals surface area (Å²) in [5.41, 5.74) is 0.791. The van der Waals surface area contributed by atoms with Gasteiger partial charge in [-0.15, -0.1) is 0 Å². The zero-order valence-corrected chi connectivity index (χ0v) is 12.5. The first-order valence-corrected chi connectivity index (χ1v) is 7.16. The van der Waals surface area contributed by atoms with E-state index in [1.165, 1.54) is 4.90 Å². The number of likely N-dealkylation sites (N-methyl/N-ethyl adjacent to an activating group) is 1. The van der Waals surface area contributed by atoms with Gasteiger partial charge < -0.3 is 5.11 Å². The van der Waals surface area contributed by atoms with E-state index in [2.05, 4.69) is 0 Å². The highest BCUT2D eigenvalue weighted by molar-refractivity contribution is 14.1. The number of halogens is 1. The molecular formula is C12H10INO3S. The van der Waals surface area contributed by atoms with Crippen LogP contribution in [0.4, 0.5) is 4.79 Å². The lowest BCUT2D eigenvalue weighted by atomic mass is 10.2. The Kier molecular flexibility index (Phi) is 3.96. The van der Waals surface area contributed by atoms with Crippen LogP contribution in [0, 0.1) is 3.57 Å². The predicted molar refractivity (Wildman–Crippen MR) is 79.2 cm³/mol. The molecule has 1 aromatic rings. The van der Waals surface area contributed by atoms with E-state index >= 15 is 0 Å². The van der Waals surface area contributed by atoms with Gasteiger partial charge in [-0.1, -0.05) is 6.07 Å². The topological polar surface area (TPSA) is 57.6 Å². The lowest BCUT2D eigenvalue weighted by molar-refractivity contribution is -0.122. The normalized spacial score (nSPS) is 17.9. The highest BCUT2D eigenvalue weighted by Gasteiger charge is 2.33. The summed E-state index contributed by atoms with van der Waals surface area (Å²) in [6.07, 6.45) is 1.67. The van der Waals surface area contributed by atoms with Crippen molar-refractivity contribution in [1.29, 1.82) is 0 Å². The summed E-state index contributed by atoms with van der Waals surface area (Å²) < 4.78 is 0.705. The van der Waals surface area contributed by atoms with Crippen molar-refractivity contribution in [2.75, 3.05) is 6.54 Å². The number of benzene rings is 1. The molecule has 1 heterocycles. The van der Waals surface area contributed by atoms with Gasteiger partial charge in [-0.3, -0.25) is 14.5 Å². The summed E-state index contributed by atoms with van der Waals surface area (Å²) in [5, 5.41) is 9.18. The van der Waals surface area contributed by atoms with Gasteiger partial charge in [0.2, 0.25) is 0 Å². The maximum absolute atomic E-state index is 11.9. The second-order valence-corrected chi connectivity index (χ2v) is 5.79. The molecule has 0 atom stereocenters. The smallest absolute Gasteiger partial charge is 0.293 e. The fourth-order valence-corrected chi connectivity index (χ4v) is 2.98. The fourth-order valence-electron chi connectivity index (χ4n) is 1.54. The Hall–Kier alpha value is -1.02. The van der Waals surface area contributed by atoms with Crippen LogP contribution in [0.1, 0.15) is 12.5 Å². The van der Waals surface area contributed by atoms with Crippen molar-refractivity contribution in [3.05, 3.63) is 32.2 Å². The van der Waals surface area contributed by atoms with Crippen molar-refractivity contribution < 1.29 is 14.7 Å². The summed E-state index contributed by atoms with van der Waals surface area (Å²) in [6, 6.07) is 5.03. The average molecular weight is 375 g/mol. The number of imide groups is 1. The summed E-state index contributed by atoms with van der Waals surface area (Å²) in [7, 11) is 0. The first-order chi connectivity index (χ1) is 8.52. The molecule has 1 aliphatic rings. The van der Waals surface area contributed by atoms with E-state index in [4.69, 9.17) is 0 Å². The van der Waals surface area contributed by atoms with Crippen LogP contribution in [-0.4, -0.2) is 27.7 Å². The van der Waals surface area contributed by atoms with Gasteiger partial charge in [0, 0.05) is 6.54 Å². The van der Waals surface area contributed by atoms with E-state index in [9.17, 15) is 14.7 Å². The predicted octanol–water partition coefficient (Wildman–Crippen LogP) is 3.05. The number of hydrogen-bond donors (Lipinski definition) is 1. The molecule has 6 heteroatoms. The van der Waals surface area contributed by atoms with Crippen molar-refractivity contribution in [3.8, 4) is 5.75 Å². The third-order valence-corrected chi connectivity index (χ3v) is 4.23. The Labute approximate surface area is 122 Å². The van der Waals surface area contributed by atoms with Crippen LogP contribution in [-0.2, 0) is 4.79 Å². The summed E-state index contributed by atoms with van der Waals surface area (Å²) >= 11 is 2.95. The minimum Gasteiger partial charge on any atom is -0.507 e. The largest absolute Gasteiger partial charge is 0.507 e. The number of amides is 2. The van der Waals surface area contributed by atoms with Gasteiger partial charge in [0.15, 0.2) is 0 Å². The Balaban J connectivity index is 2.32. The number of carbonyl (C=O) groups excluding carboxylic acids is 2. The molecule has 2 amide bonds. The molecule has 0 spiro atoms. The third kappa shape index (κ3) is 2.54. The van der Waals surface area contributed by atoms with Crippen LogP contribution in [0.25, 0.3) is 6.08 Å². The average Bonchev–Trinajstić information content (AvgIpc) is 2.59. The van der Waals surface area contributed by atoms with Gasteiger partial charge in [0.1, 0.15) is 5.75 Å². The van der Waals surface area contributed by atoms with E-state index in [-0.39, 0.29) is 16.9 Å². The molecule has 2 rings (SSSR count). The fraction of sp³-hybridized carbons (Fsp3) is 0.167. The second-order valence-electron chi connectivity index (χ2n) is 3.64. The molecule has 0 aliphatic carbocycles. The highest BCUT2D eigenvalue weighted by atomic mass is 127. The minimum atomic E-state index is -0.254. The van der Waals surface area contributed by atoms with Crippen molar-refractivity contribution >= 4 is 51.6 Å². The van der Waals surface area contributed by atoms with Gasteiger partial charge in [-0.05, 0) is 65.0 Å². The molecule has 0 radical (unpaired) electrons. The third-order valence-electron chi connectivity index (χ3n) is 2.46. The Bertz CT molecular complexity index is 556. The molecule has 1 saturated heterocycles.